The predicted molar refractivity (Wildman–Crippen MR) is 86.0 cm³/mol. The summed E-state index contributed by atoms with van der Waals surface area (Å²) in [5, 5.41) is 1.13. The molecular weight excluding hydrogens is 313 g/mol. The number of thioether (sulfide) groups is 1. The van der Waals surface area contributed by atoms with E-state index in [1.54, 1.807) is 0 Å². The lowest BCUT2D eigenvalue weighted by atomic mass is 10.0. The van der Waals surface area contributed by atoms with Crippen molar-refractivity contribution in [2.45, 2.75) is 37.6 Å². The molecule has 0 spiro atoms. The number of nitrogens with zero attached hydrogens (tertiary/aromatic N) is 3. The molecule has 2 fully saturated rings. The Bertz CT molecular complexity index is 468. The van der Waals surface area contributed by atoms with Gasteiger partial charge < -0.3 is 0 Å². The number of aromatic nitrogens is 2. The average molecular weight is 332 g/mol. The van der Waals surface area contributed by atoms with Gasteiger partial charge in [-0.1, -0.05) is 36.0 Å². The first kappa shape index (κ1) is 14.9. The molecule has 2 aliphatic rings. The molecule has 6 heteroatoms. The Morgan fingerprint density at radius 1 is 1.15 bits per heavy atom. The van der Waals surface area contributed by atoms with Gasteiger partial charge in [0.1, 0.15) is 16.1 Å². The summed E-state index contributed by atoms with van der Waals surface area (Å²) in [5.74, 6) is 3.39. The van der Waals surface area contributed by atoms with Gasteiger partial charge in [0.25, 0.3) is 0 Å². The predicted octanol–water partition coefficient (Wildman–Crippen LogP) is 4.16. The standard InChI is InChI=1S/C14H19Cl2N3S/c1-19-6-7-20-8-10(19)14-17-12(15)11(13(16)18-14)9-4-2-3-5-9/h9-10H,2-8H2,1H3. The molecule has 2 heterocycles. The summed E-state index contributed by atoms with van der Waals surface area (Å²) < 4.78 is 0. The quantitative estimate of drug-likeness (QED) is 0.761. The lowest BCUT2D eigenvalue weighted by Crippen LogP contribution is -2.34. The van der Waals surface area contributed by atoms with E-state index in [9.17, 15) is 0 Å². The average Bonchev–Trinajstić information content (AvgIpc) is 2.92. The van der Waals surface area contributed by atoms with E-state index in [2.05, 4.69) is 21.9 Å². The lowest BCUT2D eigenvalue weighted by molar-refractivity contribution is 0.264. The number of hydrogen-bond donors (Lipinski definition) is 0. The molecular formula is C14H19Cl2N3S. The molecule has 1 saturated heterocycles. The highest BCUT2D eigenvalue weighted by atomic mass is 35.5. The molecule has 0 bridgehead atoms. The van der Waals surface area contributed by atoms with Crippen LogP contribution in [0.3, 0.4) is 0 Å². The van der Waals surface area contributed by atoms with Crippen molar-refractivity contribution in [3.63, 3.8) is 0 Å². The lowest BCUT2D eigenvalue weighted by Gasteiger charge is -2.31. The van der Waals surface area contributed by atoms with E-state index in [1.165, 1.54) is 12.8 Å². The Morgan fingerprint density at radius 2 is 1.80 bits per heavy atom. The van der Waals surface area contributed by atoms with Crippen LogP contribution < -0.4 is 0 Å². The number of hydrogen-bond acceptors (Lipinski definition) is 4. The molecule has 1 atom stereocenters. The van der Waals surface area contributed by atoms with E-state index >= 15 is 0 Å². The Labute approximate surface area is 134 Å². The number of halogens is 2. The van der Waals surface area contributed by atoms with Gasteiger partial charge in [-0.05, 0) is 25.8 Å². The van der Waals surface area contributed by atoms with E-state index < -0.39 is 0 Å². The van der Waals surface area contributed by atoms with Crippen LogP contribution in [0.25, 0.3) is 0 Å². The van der Waals surface area contributed by atoms with Crippen LogP contribution in [0.4, 0.5) is 0 Å². The topological polar surface area (TPSA) is 29.0 Å². The summed E-state index contributed by atoms with van der Waals surface area (Å²) in [6, 6.07) is 0.223. The first-order valence-corrected chi connectivity index (χ1v) is 9.08. The van der Waals surface area contributed by atoms with Crippen LogP contribution in [0, 0.1) is 0 Å². The molecule has 0 N–H and O–H groups in total. The van der Waals surface area contributed by atoms with Crippen LogP contribution in [-0.2, 0) is 0 Å². The maximum absolute atomic E-state index is 6.42. The molecule has 1 saturated carbocycles. The monoisotopic (exact) mass is 331 g/mol. The van der Waals surface area contributed by atoms with Crippen molar-refractivity contribution in [2.24, 2.45) is 0 Å². The summed E-state index contributed by atoms with van der Waals surface area (Å²) in [6.45, 7) is 1.05. The maximum Gasteiger partial charge on any atom is 0.149 e. The smallest absolute Gasteiger partial charge is 0.149 e. The summed E-state index contributed by atoms with van der Waals surface area (Å²) in [4.78, 5) is 11.4. The Kier molecular flexibility index (Phi) is 4.75. The van der Waals surface area contributed by atoms with Gasteiger partial charge in [-0.25, -0.2) is 9.97 Å². The first-order chi connectivity index (χ1) is 9.66. The molecule has 0 amide bonds. The Hall–Kier alpha value is -0.0300. The molecule has 1 unspecified atom stereocenters. The SMILES string of the molecule is CN1CCSCC1c1nc(Cl)c(C2CCCC2)c(Cl)n1. The van der Waals surface area contributed by atoms with Gasteiger partial charge in [0.15, 0.2) is 0 Å². The molecule has 1 aromatic rings. The zero-order valence-corrected chi connectivity index (χ0v) is 13.9. The highest BCUT2D eigenvalue weighted by molar-refractivity contribution is 7.99. The van der Waals surface area contributed by atoms with Gasteiger partial charge >= 0.3 is 0 Å². The van der Waals surface area contributed by atoms with Crippen LogP contribution in [0.5, 0.6) is 0 Å². The minimum Gasteiger partial charge on any atom is -0.295 e. The molecule has 3 rings (SSSR count). The summed E-state index contributed by atoms with van der Waals surface area (Å²) in [6.07, 6.45) is 4.81. The second kappa shape index (κ2) is 6.39. The Balaban J connectivity index is 1.90. The molecule has 20 heavy (non-hydrogen) atoms. The normalized spacial score (nSPS) is 25.2. The maximum atomic E-state index is 6.42. The highest BCUT2D eigenvalue weighted by Gasteiger charge is 2.28. The van der Waals surface area contributed by atoms with Crippen molar-refractivity contribution in [3.05, 3.63) is 21.7 Å². The van der Waals surface area contributed by atoms with Gasteiger partial charge in [0.05, 0.1) is 6.04 Å². The molecule has 0 aromatic carbocycles. The van der Waals surface area contributed by atoms with Crippen LogP contribution >= 0.6 is 35.0 Å². The fourth-order valence-electron chi connectivity index (χ4n) is 3.09. The van der Waals surface area contributed by atoms with Gasteiger partial charge in [0.2, 0.25) is 0 Å². The highest BCUT2D eigenvalue weighted by Crippen LogP contribution is 2.40. The van der Waals surface area contributed by atoms with Crippen LogP contribution in [0.2, 0.25) is 10.3 Å². The summed E-state index contributed by atoms with van der Waals surface area (Å²) >= 11 is 14.8. The van der Waals surface area contributed by atoms with Crippen molar-refractivity contribution in [2.75, 3.05) is 25.1 Å². The zero-order chi connectivity index (χ0) is 14.1. The van der Waals surface area contributed by atoms with Crippen molar-refractivity contribution in [1.29, 1.82) is 0 Å². The fourth-order valence-corrected chi connectivity index (χ4v) is 5.01. The third-order valence-corrected chi connectivity index (χ3v) is 5.93. The summed E-state index contributed by atoms with van der Waals surface area (Å²) in [7, 11) is 2.11. The second-order valence-electron chi connectivity index (χ2n) is 5.63. The third-order valence-electron chi connectivity index (χ3n) is 4.33. The van der Waals surface area contributed by atoms with Crippen LogP contribution in [-0.4, -0.2) is 40.0 Å². The van der Waals surface area contributed by atoms with Crippen LogP contribution in [0.15, 0.2) is 0 Å². The third kappa shape index (κ3) is 2.94. The van der Waals surface area contributed by atoms with Gasteiger partial charge in [-0.2, -0.15) is 11.8 Å². The van der Waals surface area contributed by atoms with E-state index in [4.69, 9.17) is 23.2 Å². The van der Waals surface area contributed by atoms with E-state index in [-0.39, 0.29) is 6.04 Å². The van der Waals surface area contributed by atoms with Gasteiger partial charge in [-0.15, -0.1) is 0 Å². The van der Waals surface area contributed by atoms with Crippen molar-refractivity contribution in [1.82, 2.24) is 14.9 Å². The van der Waals surface area contributed by atoms with E-state index in [1.807, 2.05) is 11.8 Å². The summed E-state index contributed by atoms with van der Waals surface area (Å²) in [5.41, 5.74) is 0.973. The van der Waals surface area contributed by atoms with Crippen LogP contribution in [0.1, 0.15) is 49.0 Å². The van der Waals surface area contributed by atoms with Crippen molar-refractivity contribution < 1.29 is 0 Å². The largest absolute Gasteiger partial charge is 0.295 e. The molecule has 3 nitrogen and oxygen atoms in total. The van der Waals surface area contributed by atoms with E-state index in [0.29, 0.717) is 16.2 Å². The van der Waals surface area contributed by atoms with E-state index in [0.717, 1.165) is 42.3 Å². The number of rotatable bonds is 2. The Morgan fingerprint density at radius 3 is 2.40 bits per heavy atom. The first-order valence-electron chi connectivity index (χ1n) is 7.17. The molecule has 110 valence electrons. The van der Waals surface area contributed by atoms with Gasteiger partial charge in [0, 0.05) is 23.6 Å². The fraction of sp³-hybridized carbons (Fsp3) is 0.714. The molecule has 1 aliphatic heterocycles. The van der Waals surface area contributed by atoms with Crippen molar-refractivity contribution >= 4 is 35.0 Å². The van der Waals surface area contributed by atoms with Gasteiger partial charge in [-0.3, -0.25) is 4.90 Å². The van der Waals surface area contributed by atoms with Crippen molar-refractivity contribution in [3.8, 4) is 0 Å². The second-order valence-corrected chi connectivity index (χ2v) is 7.50. The molecule has 0 radical (unpaired) electrons. The zero-order valence-electron chi connectivity index (χ0n) is 11.6. The molecule has 1 aromatic heterocycles. The minimum absolute atomic E-state index is 0.223. The minimum atomic E-state index is 0.223. The molecule has 1 aliphatic carbocycles.